The minimum Gasteiger partial charge on any atom is -0.486 e. The lowest BCUT2D eigenvalue weighted by Crippen LogP contribution is -2.57. The van der Waals surface area contributed by atoms with E-state index in [9.17, 15) is 5.11 Å². The average Bonchev–Trinajstić information content (AvgIpc) is 2.46. The van der Waals surface area contributed by atoms with Gasteiger partial charge in [0.2, 0.25) is 0 Å². The van der Waals surface area contributed by atoms with E-state index in [-0.39, 0.29) is 12.6 Å². The lowest BCUT2D eigenvalue weighted by Gasteiger charge is -2.40. The third-order valence-electron chi connectivity index (χ3n) is 3.68. The molecule has 2 unspecified atom stereocenters. The smallest absolute Gasteiger partial charge is 0.163 e. The van der Waals surface area contributed by atoms with Crippen LogP contribution in [0.15, 0.2) is 18.2 Å². The highest BCUT2D eigenvalue weighted by Crippen LogP contribution is 2.34. The maximum atomic E-state index is 9.51. The van der Waals surface area contributed by atoms with Crippen LogP contribution in [-0.4, -0.2) is 50.1 Å². The summed E-state index contributed by atoms with van der Waals surface area (Å²) in [5.41, 5.74) is 1.08. The first-order valence-electron chi connectivity index (χ1n) is 6.78. The maximum absolute atomic E-state index is 9.51. The van der Waals surface area contributed by atoms with Crippen LogP contribution in [0.25, 0.3) is 0 Å². The third-order valence-corrected chi connectivity index (χ3v) is 3.68. The molecule has 2 N–H and O–H groups in total. The molecular formula is C14H20N2O3. The molecule has 5 heteroatoms. The number of hydrogen-bond donors (Lipinski definition) is 2. The molecular weight excluding hydrogens is 244 g/mol. The first-order chi connectivity index (χ1) is 9.28. The number of piperazine rings is 1. The van der Waals surface area contributed by atoms with E-state index in [1.165, 1.54) is 0 Å². The van der Waals surface area contributed by atoms with Gasteiger partial charge in [-0.25, -0.2) is 0 Å². The van der Waals surface area contributed by atoms with Gasteiger partial charge in [0.25, 0.3) is 0 Å². The molecule has 0 aliphatic carbocycles. The number of fused-ring (bicyclic) bond motifs is 1. The Hall–Kier alpha value is -1.46. The summed E-state index contributed by atoms with van der Waals surface area (Å²) >= 11 is 0. The van der Waals surface area contributed by atoms with Gasteiger partial charge in [-0.05, 0) is 19.1 Å². The monoisotopic (exact) mass is 264 g/mol. The fraction of sp³-hybridized carbons (Fsp3) is 0.571. The van der Waals surface area contributed by atoms with Gasteiger partial charge in [-0.2, -0.15) is 0 Å². The quantitative estimate of drug-likeness (QED) is 0.820. The van der Waals surface area contributed by atoms with Crippen LogP contribution in [-0.2, 0) is 0 Å². The van der Waals surface area contributed by atoms with E-state index in [0.29, 0.717) is 19.3 Å². The van der Waals surface area contributed by atoms with Gasteiger partial charge in [-0.3, -0.25) is 0 Å². The first kappa shape index (κ1) is 12.6. The minimum absolute atomic E-state index is 0.110. The van der Waals surface area contributed by atoms with Gasteiger partial charge in [0.05, 0.1) is 12.6 Å². The standard InChI is InChI=1S/C14H20N2O3/c1-10-8-16(12(9-17)7-15-10)11-2-3-13-14(6-11)19-5-4-18-13/h2-3,6,10,12,15,17H,4-5,7-9H2,1H3. The van der Waals surface area contributed by atoms with Gasteiger partial charge in [-0.15, -0.1) is 0 Å². The van der Waals surface area contributed by atoms with Crippen LogP contribution >= 0.6 is 0 Å². The Bertz CT molecular complexity index is 452. The number of nitrogens with one attached hydrogen (secondary N) is 1. The Morgan fingerprint density at radius 1 is 1.32 bits per heavy atom. The molecule has 5 nitrogen and oxygen atoms in total. The molecule has 0 aromatic heterocycles. The Labute approximate surface area is 113 Å². The highest BCUT2D eigenvalue weighted by Gasteiger charge is 2.26. The topological polar surface area (TPSA) is 54.0 Å². The molecule has 0 bridgehead atoms. The van der Waals surface area contributed by atoms with Crippen molar-refractivity contribution in [3.8, 4) is 11.5 Å². The van der Waals surface area contributed by atoms with Crippen molar-refractivity contribution in [3.05, 3.63) is 18.2 Å². The van der Waals surface area contributed by atoms with E-state index in [0.717, 1.165) is 30.3 Å². The van der Waals surface area contributed by atoms with E-state index < -0.39 is 0 Å². The van der Waals surface area contributed by atoms with E-state index >= 15 is 0 Å². The molecule has 1 fully saturated rings. The number of anilines is 1. The third kappa shape index (κ3) is 2.48. The summed E-state index contributed by atoms with van der Waals surface area (Å²) in [5, 5.41) is 12.9. The number of hydrogen-bond acceptors (Lipinski definition) is 5. The number of ether oxygens (including phenoxy) is 2. The molecule has 1 aromatic carbocycles. The van der Waals surface area contributed by atoms with Crippen molar-refractivity contribution >= 4 is 5.69 Å². The van der Waals surface area contributed by atoms with Crippen LogP contribution in [0, 0.1) is 0 Å². The summed E-state index contributed by atoms with van der Waals surface area (Å²) in [5.74, 6) is 1.60. The van der Waals surface area contributed by atoms with E-state index in [1.54, 1.807) is 0 Å². The second kappa shape index (κ2) is 5.27. The second-order valence-electron chi connectivity index (χ2n) is 5.13. The molecule has 0 spiro atoms. The summed E-state index contributed by atoms with van der Waals surface area (Å²) in [7, 11) is 0. The molecule has 2 atom stereocenters. The van der Waals surface area contributed by atoms with Crippen molar-refractivity contribution in [1.29, 1.82) is 0 Å². The summed E-state index contributed by atoms with van der Waals surface area (Å²) in [6.45, 7) is 5.18. The van der Waals surface area contributed by atoms with Gasteiger partial charge >= 0.3 is 0 Å². The number of aliphatic hydroxyl groups is 1. The van der Waals surface area contributed by atoms with Gasteiger partial charge < -0.3 is 24.8 Å². The first-order valence-corrected chi connectivity index (χ1v) is 6.78. The Morgan fingerprint density at radius 3 is 2.89 bits per heavy atom. The van der Waals surface area contributed by atoms with Crippen molar-refractivity contribution in [2.45, 2.75) is 19.0 Å². The number of benzene rings is 1. The fourth-order valence-electron chi connectivity index (χ4n) is 2.65. The summed E-state index contributed by atoms with van der Waals surface area (Å²) < 4.78 is 11.2. The van der Waals surface area contributed by atoms with Crippen LogP contribution in [0.1, 0.15) is 6.92 Å². The molecule has 1 saturated heterocycles. The molecule has 0 radical (unpaired) electrons. The van der Waals surface area contributed by atoms with Crippen LogP contribution in [0.3, 0.4) is 0 Å². The van der Waals surface area contributed by atoms with Gasteiger partial charge in [0.15, 0.2) is 11.5 Å². The summed E-state index contributed by atoms with van der Waals surface area (Å²) in [6, 6.07) is 6.52. The van der Waals surface area contributed by atoms with Crippen molar-refractivity contribution < 1.29 is 14.6 Å². The highest BCUT2D eigenvalue weighted by molar-refractivity contribution is 5.57. The molecule has 2 heterocycles. The van der Waals surface area contributed by atoms with Crippen LogP contribution in [0.2, 0.25) is 0 Å². The Morgan fingerprint density at radius 2 is 2.11 bits per heavy atom. The van der Waals surface area contributed by atoms with Crippen LogP contribution in [0.4, 0.5) is 5.69 Å². The number of rotatable bonds is 2. The van der Waals surface area contributed by atoms with Crippen molar-refractivity contribution in [2.24, 2.45) is 0 Å². The van der Waals surface area contributed by atoms with Gasteiger partial charge in [0, 0.05) is 30.9 Å². The Kier molecular flexibility index (Phi) is 3.48. The summed E-state index contributed by atoms with van der Waals surface area (Å²) in [4.78, 5) is 2.24. The van der Waals surface area contributed by atoms with Crippen LogP contribution < -0.4 is 19.7 Å². The minimum atomic E-state index is 0.110. The average molecular weight is 264 g/mol. The van der Waals surface area contributed by atoms with Crippen molar-refractivity contribution in [2.75, 3.05) is 37.8 Å². The fourth-order valence-corrected chi connectivity index (χ4v) is 2.65. The largest absolute Gasteiger partial charge is 0.486 e. The zero-order valence-electron chi connectivity index (χ0n) is 11.1. The van der Waals surface area contributed by atoms with Gasteiger partial charge in [-0.1, -0.05) is 0 Å². The lowest BCUT2D eigenvalue weighted by molar-refractivity contribution is 0.171. The predicted octanol–water partition coefficient (Wildman–Crippen LogP) is 0.617. The molecule has 2 aliphatic heterocycles. The SMILES string of the molecule is CC1CN(c2ccc3c(c2)OCCO3)C(CO)CN1. The molecule has 3 rings (SSSR count). The van der Waals surface area contributed by atoms with Crippen molar-refractivity contribution in [3.63, 3.8) is 0 Å². The highest BCUT2D eigenvalue weighted by atomic mass is 16.6. The number of nitrogens with zero attached hydrogens (tertiary/aromatic N) is 1. The van der Waals surface area contributed by atoms with E-state index in [4.69, 9.17) is 9.47 Å². The Balaban J connectivity index is 1.87. The molecule has 1 aromatic rings. The maximum Gasteiger partial charge on any atom is 0.163 e. The zero-order valence-corrected chi connectivity index (χ0v) is 11.1. The molecule has 0 amide bonds. The number of aliphatic hydroxyl groups excluding tert-OH is 1. The second-order valence-corrected chi connectivity index (χ2v) is 5.13. The molecule has 19 heavy (non-hydrogen) atoms. The van der Waals surface area contributed by atoms with E-state index in [1.807, 2.05) is 18.2 Å². The van der Waals surface area contributed by atoms with Gasteiger partial charge in [0.1, 0.15) is 13.2 Å². The molecule has 2 aliphatic rings. The predicted molar refractivity (Wildman–Crippen MR) is 73.1 cm³/mol. The normalized spacial score (nSPS) is 26.3. The van der Waals surface area contributed by atoms with Crippen molar-refractivity contribution in [1.82, 2.24) is 5.32 Å². The molecule has 104 valence electrons. The van der Waals surface area contributed by atoms with E-state index in [2.05, 4.69) is 17.1 Å². The molecule has 0 saturated carbocycles. The van der Waals surface area contributed by atoms with Crippen LogP contribution in [0.5, 0.6) is 11.5 Å². The lowest BCUT2D eigenvalue weighted by atomic mass is 10.1. The zero-order chi connectivity index (χ0) is 13.2. The summed E-state index contributed by atoms with van der Waals surface area (Å²) in [6.07, 6.45) is 0.